The molecule has 0 aromatic heterocycles. The maximum atomic E-state index is 11.4. The van der Waals surface area contributed by atoms with Gasteiger partial charge in [0.2, 0.25) is 0 Å². The molecule has 0 bridgehead atoms. The van der Waals surface area contributed by atoms with Gasteiger partial charge in [0, 0.05) is 11.8 Å². The number of aliphatic hydroxyl groups excluding tert-OH is 1. The zero-order valence-corrected chi connectivity index (χ0v) is 8.19. The van der Waals surface area contributed by atoms with Gasteiger partial charge in [0.15, 0.2) is 5.78 Å². The molecule has 1 atom stereocenters. The third-order valence-electron chi connectivity index (χ3n) is 3.28. The minimum Gasteiger partial charge on any atom is -0.480 e. The van der Waals surface area contributed by atoms with E-state index < -0.39 is 24.0 Å². The fourth-order valence-corrected chi connectivity index (χ4v) is 2.06. The third kappa shape index (κ3) is 1.34. The molecule has 5 nitrogen and oxygen atoms in total. The largest absolute Gasteiger partial charge is 0.480 e. The van der Waals surface area contributed by atoms with E-state index >= 15 is 0 Å². The van der Waals surface area contributed by atoms with E-state index in [0.29, 0.717) is 5.70 Å². The second-order valence-electron chi connectivity index (χ2n) is 4.08. The maximum absolute atomic E-state index is 11.4. The van der Waals surface area contributed by atoms with Crippen LogP contribution in [0.2, 0.25) is 0 Å². The molecule has 0 aromatic rings. The van der Waals surface area contributed by atoms with Crippen molar-refractivity contribution in [2.24, 2.45) is 5.41 Å². The van der Waals surface area contributed by atoms with Crippen molar-refractivity contribution in [3.05, 3.63) is 11.8 Å². The summed E-state index contributed by atoms with van der Waals surface area (Å²) in [5, 5.41) is 20.3. The van der Waals surface area contributed by atoms with E-state index in [-0.39, 0.29) is 5.78 Å². The number of carboxylic acids is 1. The van der Waals surface area contributed by atoms with Crippen LogP contribution in [0.25, 0.3) is 0 Å². The lowest BCUT2D eigenvalue weighted by molar-refractivity contribution is -0.141. The number of hydrogen-bond acceptors (Lipinski definition) is 4. The fourth-order valence-electron chi connectivity index (χ4n) is 2.06. The predicted octanol–water partition coefficient (Wildman–Crippen LogP) is -0.342. The molecule has 0 heterocycles. The maximum Gasteiger partial charge on any atom is 0.328 e. The van der Waals surface area contributed by atoms with Crippen molar-refractivity contribution in [2.75, 3.05) is 6.61 Å². The number of hydrogen-bond donors (Lipinski definition) is 3. The van der Waals surface area contributed by atoms with E-state index in [1.165, 1.54) is 6.08 Å². The number of carboxylic acid groups (broad SMARTS) is 1. The van der Waals surface area contributed by atoms with Gasteiger partial charge >= 0.3 is 5.97 Å². The molecule has 0 amide bonds. The highest BCUT2D eigenvalue weighted by Gasteiger charge is 2.52. The lowest BCUT2D eigenvalue weighted by Gasteiger charge is -2.47. The van der Waals surface area contributed by atoms with Gasteiger partial charge in [0.05, 0.1) is 12.0 Å². The van der Waals surface area contributed by atoms with Gasteiger partial charge in [-0.1, -0.05) is 6.42 Å². The van der Waals surface area contributed by atoms with Gasteiger partial charge in [-0.3, -0.25) is 4.79 Å². The highest BCUT2D eigenvalue weighted by molar-refractivity contribution is 6.05. The summed E-state index contributed by atoms with van der Waals surface area (Å²) in [7, 11) is 0. The Balaban J connectivity index is 2.04. The molecule has 1 saturated carbocycles. The van der Waals surface area contributed by atoms with Gasteiger partial charge in [0.1, 0.15) is 6.04 Å². The first kappa shape index (κ1) is 10.2. The van der Waals surface area contributed by atoms with Crippen LogP contribution in [0.4, 0.5) is 0 Å². The van der Waals surface area contributed by atoms with Crippen LogP contribution in [0.15, 0.2) is 11.8 Å². The summed E-state index contributed by atoms with van der Waals surface area (Å²) in [5.41, 5.74) is 0.253. The molecule has 0 aliphatic heterocycles. The monoisotopic (exact) mass is 211 g/mol. The Morgan fingerprint density at radius 2 is 2.27 bits per heavy atom. The standard InChI is InChI=1S/C10H13NO4/c12-5-6(9(14)15)11-7-4-8(13)10(7)2-1-3-10/h4,6,11-12H,1-3,5H2,(H,14,15)/t6-/m0/s1. The van der Waals surface area contributed by atoms with Crippen molar-refractivity contribution in [1.82, 2.24) is 5.32 Å². The topological polar surface area (TPSA) is 86.6 Å². The smallest absolute Gasteiger partial charge is 0.328 e. The number of nitrogens with one attached hydrogen (secondary N) is 1. The number of allylic oxidation sites excluding steroid dienone is 2. The van der Waals surface area contributed by atoms with Crippen molar-refractivity contribution in [3.63, 3.8) is 0 Å². The quantitative estimate of drug-likeness (QED) is 0.592. The Kier molecular flexibility index (Phi) is 2.26. The normalized spacial score (nSPS) is 23.8. The number of ketones is 1. The van der Waals surface area contributed by atoms with Crippen LogP contribution < -0.4 is 5.32 Å². The minimum absolute atomic E-state index is 0.0818. The average Bonchev–Trinajstić information content (AvgIpc) is 2.08. The number of aliphatic hydroxyl groups is 1. The molecule has 1 spiro atoms. The number of carbonyl (C=O) groups is 2. The summed E-state index contributed by atoms with van der Waals surface area (Å²) < 4.78 is 0. The van der Waals surface area contributed by atoms with Crippen molar-refractivity contribution in [3.8, 4) is 0 Å². The zero-order valence-electron chi connectivity index (χ0n) is 8.19. The lowest BCUT2D eigenvalue weighted by Crippen LogP contribution is -2.54. The van der Waals surface area contributed by atoms with Crippen molar-refractivity contribution >= 4 is 11.8 Å². The Morgan fingerprint density at radius 3 is 2.60 bits per heavy atom. The van der Waals surface area contributed by atoms with E-state index in [4.69, 9.17) is 10.2 Å². The van der Waals surface area contributed by atoms with Crippen LogP contribution >= 0.6 is 0 Å². The van der Waals surface area contributed by atoms with Gasteiger partial charge in [-0.05, 0) is 12.8 Å². The Morgan fingerprint density at radius 1 is 1.60 bits per heavy atom. The van der Waals surface area contributed by atoms with E-state index in [0.717, 1.165) is 19.3 Å². The molecule has 2 aliphatic carbocycles. The van der Waals surface area contributed by atoms with Crippen LogP contribution in [-0.2, 0) is 9.59 Å². The highest BCUT2D eigenvalue weighted by atomic mass is 16.4. The second-order valence-corrected chi connectivity index (χ2v) is 4.08. The van der Waals surface area contributed by atoms with E-state index in [1.807, 2.05) is 0 Å². The molecule has 3 N–H and O–H groups in total. The Labute approximate surface area is 86.8 Å². The van der Waals surface area contributed by atoms with Crippen LogP contribution in [-0.4, -0.2) is 34.6 Å². The molecule has 0 radical (unpaired) electrons. The highest BCUT2D eigenvalue weighted by Crippen LogP contribution is 2.52. The number of rotatable bonds is 4. The van der Waals surface area contributed by atoms with E-state index in [2.05, 4.69) is 5.32 Å². The summed E-state index contributed by atoms with van der Waals surface area (Å²) in [6, 6.07) is -1.01. The van der Waals surface area contributed by atoms with Crippen molar-refractivity contribution in [1.29, 1.82) is 0 Å². The van der Waals surface area contributed by atoms with Crippen molar-refractivity contribution in [2.45, 2.75) is 25.3 Å². The van der Waals surface area contributed by atoms with Gasteiger partial charge in [-0.15, -0.1) is 0 Å². The van der Waals surface area contributed by atoms with Gasteiger partial charge < -0.3 is 15.5 Å². The summed E-state index contributed by atoms with van der Waals surface area (Å²) >= 11 is 0. The second kappa shape index (κ2) is 3.34. The van der Waals surface area contributed by atoms with Gasteiger partial charge in [-0.2, -0.15) is 0 Å². The first-order valence-electron chi connectivity index (χ1n) is 4.97. The first-order valence-corrected chi connectivity index (χ1v) is 4.97. The van der Waals surface area contributed by atoms with E-state index in [1.54, 1.807) is 0 Å². The fraction of sp³-hybridized carbons (Fsp3) is 0.600. The molecule has 2 aliphatic rings. The predicted molar refractivity (Wildman–Crippen MR) is 51.0 cm³/mol. The average molecular weight is 211 g/mol. The van der Waals surface area contributed by atoms with Crippen LogP contribution in [0.3, 0.4) is 0 Å². The van der Waals surface area contributed by atoms with E-state index in [9.17, 15) is 9.59 Å². The molecule has 15 heavy (non-hydrogen) atoms. The molecule has 1 fully saturated rings. The summed E-state index contributed by atoms with van der Waals surface area (Å²) in [6.07, 6.45) is 4.03. The molecule has 0 unspecified atom stereocenters. The van der Waals surface area contributed by atoms with Crippen LogP contribution in [0.5, 0.6) is 0 Å². The molecular formula is C10H13NO4. The Bertz CT molecular complexity index is 343. The summed E-state index contributed by atoms with van der Waals surface area (Å²) in [6.45, 7) is -0.475. The molecule has 0 aromatic carbocycles. The molecular weight excluding hydrogens is 198 g/mol. The van der Waals surface area contributed by atoms with Gasteiger partial charge in [-0.25, -0.2) is 4.79 Å². The summed E-state index contributed by atoms with van der Waals surface area (Å²) in [4.78, 5) is 22.0. The molecule has 2 rings (SSSR count). The van der Waals surface area contributed by atoms with Crippen LogP contribution in [0, 0.1) is 5.41 Å². The third-order valence-corrected chi connectivity index (χ3v) is 3.28. The molecule has 0 saturated heterocycles. The van der Waals surface area contributed by atoms with Crippen molar-refractivity contribution < 1.29 is 19.8 Å². The first-order chi connectivity index (χ1) is 7.10. The van der Waals surface area contributed by atoms with Crippen LogP contribution in [0.1, 0.15) is 19.3 Å². The number of aliphatic carboxylic acids is 1. The minimum atomic E-state index is -1.10. The molecule has 5 heteroatoms. The zero-order chi connectivity index (χ0) is 11.1. The Hall–Kier alpha value is -1.36. The lowest BCUT2D eigenvalue weighted by atomic mass is 9.58. The molecule has 82 valence electrons. The number of carbonyl (C=O) groups excluding carboxylic acids is 1. The van der Waals surface area contributed by atoms with Gasteiger partial charge in [0.25, 0.3) is 0 Å². The SMILES string of the molecule is O=C(O)[C@H](CO)NC1=CC(=O)C12CCC2. The summed E-state index contributed by atoms with van der Waals surface area (Å²) in [5.74, 6) is -1.02.